The fourth-order valence-corrected chi connectivity index (χ4v) is 7.35. The van der Waals surface area contributed by atoms with Gasteiger partial charge in [-0.15, -0.1) is 0 Å². The van der Waals surface area contributed by atoms with Gasteiger partial charge in [-0.05, 0) is 67.6 Å². The number of nitrogens with one attached hydrogen (secondary N) is 4. The first-order chi connectivity index (χ1) is 24.8. The van der Waals surface area contributed by atoms with Gasteiger partial charge in [0, 0.05) is 11.3 Å². The Morgan fingerprint density at radius 3 is 1.70 bits per heavy atom. The molecule has 4 N–H and O–H groups in total. The van der Waals surface area contributed by atoms with E-state index in [0.717, 1.165) is 33.8 Å². The minimum Gasteiger partial charge on any atom is -0.366 e. The molecular weight excluding hydrogens is 611 g/mol. The van der Waals surface area contributed by atoms with Crippen molar-refractivity contribution in [2.45, 2.75) is 24.5 Å². The van der Waals surface area contributed by atoms with Crippen molar-refractivity contribution in [3.8, 4) is 0 Å². The molecule has 50 heavy (non-hydrogen) atoms. The van der Waals surface area contributed by atoms with E-state index >= 15 is 0 Å². The lowest BCUT2D eigenvalue weighted by Crippen LogP contribution is -2.46. The van der Waals surface area contributed by atoms with Crippen molar-refractivity contribution in [1.82, 2.24) is 21.3 Å². The summed E-state index contributed by atoms with van der Waals surface area (Å²) in [6.45, 7) is 0. The summed E-state index contributed by atoms with van der Waals surface area (Å²) in [5.74, 6) is 0.866. The Morgan fingerprint density at radius 1 is 0.440 bits per heavy atom. The summed E-state index contributed by atoms with van der Waals surface area (Å²) < 4.78 is 0. The molecule has 242 valence electrons. The molecule has 7 aromatic rings. The normalized spacial score (nSPS) is 20.4. The SMILES string of the molecule is C1=C(c2ccccc2)NC(c2cc3ccccc3cc2C2NC(c3ccccc3)=NC(c3ccccc3)N2)NC1c1cccc2ccccc12. The number of benzene rings is 7. The second kappa shape index (κ2) is 13.1. The third-order valence-electron chi connectivity index (χ3n) is 9.82. The highest BCUT2D eigenvalue weighted by atomic mass is 15.3. The van der Waals surface area contributed by atoms with E-state index < -0.39 is 0 Å². The van der Waals surface area contributed by atoms with Crippen LogP contribution in [0.2, 0.25) is 0 Å². The zero-order valence-corrected chi connectivity index (χ0v) is 27.5. The molecule has 0 bridgehead atoms. The average Bonchev–Trinajstić information content (AvgIpc) is 3.21. The van der Waals surface area contributed by atoms with E-state index in [1.54, 1.807) is 0 Å². The molecule has 2 heterocycles. The second-order valence-electron chi connectivity index (χ2n) is 13.0. The molecule has 9 rings (SSSR count). The maximum Gasteiger partial charge on any atom is 0.131 e. The predicted molar refractivity (Wildman–Crippen MR) is 205 cm³/mol. The van der Waals surface area contributed by atoms with Crippen molar-refractivity contribution < 1.29 is 0 Å². The molecule has 0 amide bonds. The molecule has 5 heteroatoms. The molecule has 4 atom stereocenters. The number of fused-ring (bicyclic) bond motifs is 2. The van der Waals surface area contributed by atoms with Gasteiger partial charge in [0.2, 0.25) is 0 Å². The molecule has 0 radical (unpaired) electrons. The molecular formula is C45H37N5. The Hall–Kier alpha value is -6.01. The van der Waals surface area contributed by atoms with Gasteiger partial charge in [0.15, 0.2) is 0 Å². The monoisotopic (exact) mass is 647 g/mol. The maximum absolute atomic E-state index is 5.19. The number of hydrogen-bond donors (Lipinski definition) is 4. The van der Waals surface area contributed by atoms with Crippen molar-refractivity contribution in [2.75, 3.05) is 0 Å². The molecule has 0 saturated heterocycles. The van der Waals surface area contributed by atoms with Gasteiger partial charge in [-0.25, -0.2) is 4.99 Å². The van der Waals surface area contributed by atoms with Crippen LogP contribution in [-0.4, -0.2) is 5.84 Å². The van der Waals surface area contributed by atoms with E-state index in [2.05, 4.69) is 191 Å². The Morgan fingerprint density at radius 2 is 1.00 bits per heavy atom. The van der Waals surface area contributed by atoms with Crippen molar-refractivity contribution in [1.29, 1.82) is 0 Å². The molecule has 0 aliphatic carbocycles. The summed E-state index contributed by atoms with van der Waals surface area (Å²) in [6.07, 6.45) is 1.68. The third kappa shape index (κ3) is 5.83. The number of hydrogen-bond acceptors (Lipinski definition) is 5. The fourth-order valence-electron chi connectivity index (χ4n) is 7.35. The number of amidine groups is 1. The van der Waals surface area contributed by atoms with Crippen molar-refractivity contribution in [3.05, 3.63) is 209 Å². The fraction of sp³-hybridized carbons (Fsp3) is 0.0889. The zero-order chi connectivity index (χ0) is 33.3. The molecule has 7 aromatic carbocycles. The molecule has 0 aromatic heterocycles. The van der Waals surface area contributed by atoms with Gasteiger partial charge >= 0.3 is 0 Å². The lowest BCUT2D eigenvalue weighted by Gasteiger charge is -2.37. The number of rotatable bonds is 6. The zero-order valence-electron chi connectivity index (χ0n) is 27.5. The van der Waals surface area contributed by atoms with Crippen LogP contribution in [0.3, 0.4) is 0 Å². The lowest BCUT2D eigenvalue weighted by molar-refractivity contribution is 0.393. The molecule has 2 aliphatic heterocycles. The van der Waals surface area contributed by atoms with Gasteiger partial charge in [0.05, 0.1) is 6.04 Å². The van der Waals surface area contributed by atoms with Crippen LogP contribution in [0.25, 0.3) is 27.2 Å². The van der Waals surface area contributed by atoms with Gasteiger partial charge < -0.3 is 10.6 Å². The second-order valence-corrected chi connectivity index (χ2v) is 13.0. The summed E-state index contributed by atoms with van der Waals surface area (Å²) in [5.41, 5.74) is 8.01. The summed E-state index contributed by atoms with van der Waals surface area (Å²) in [7, 11) is 0. The van der Waals surface area contributed by atoms with Crippen molar-refractivity contribution in [3.63, 3.8) is 0 Å². The molecule has 2 aliphatic rings. The topological polar surface area (TPSA) is 60.5 Å². The molecule has 0 saturated carbocycles. The number of aliphatic imine (C=N–C) groups is 1. The predicted octanol–water partition coefficient (Wildman–Crippen LogP) is 9.30. The van der Waals surface area contributed by atoms with E-state index in [1.807, 2.05) is 6.07 Å². The van der Waals surface area contributed by atoms with Crippen LogP contribution in [0.4, 0.5) is 0 Å². The van der Waals surface area contributed by atoms with Crippen LogP contribution in [0.15, 0.2) is 181 Å². The number of nitrogens with zero attached hydrogens (tertiary/aromatic N) is 1. The molecule has 4 unspecified atom stereocenters. The quantitative estimate of drug-likeness (QED) is 0.145. The Balaban J connectivity index is 1.19. The van der Waals surface area contributed by atoms with E-state index in [9.17, 15) is 0 Å². The van der Waals surface area contributed by atoms with Crippen LogP contribution >= 0.6 is 0 Å². The van der Waals surface area contributed by atoms with Crippen molar-refractivity contribution in [2.24, 2.45) is 4.99 Å². The Labute approximate surface area is 292 Å². The average molecular weight is 648 g/mol. The summed E-state index contributed by atoms with van der Waals surface area (Å²) >= 11 is 0. The smallest absolute Gasteiger partial charge is 0.131 e. The van der Waals surface area contributed by atoms with Crippen molar-refractivity contribution >= 4 is 33.1 Å². The molecule has 5 nitrogen and oxygen atoms in total. The van der Waals surface area contributed by atoms with Gasteiger partial charge in [-0.3, -0.25) is 10.6 Å². The highest BCUT2D eigenvalue weighted by Gasteiger charge is 2.32. The lowest BCUT2D eigenvalue weighted by atomic mass is 9.91. The minimum absolute atomic E-state index is 0.0346. The van der Waals surface area contributed by atoms with E-state index in [4.69, 9.17) is 4.99 Å². The summed E-state index contributed by atoms with van der Waals surface area (Å²) in [5, 5.41) is 20.5. The Bertz CT molecular complexity index is 2350. The molecule has 0 fully saturated rings. The van der Waals surface area contributed by atoms with E-state index in [0.29, 0.717) is 0 Å². The van der Waals surface area contributed by atoms with E-state index in [1.165, 1.54) is 32.7 Å². The third-order valence-corrected chi connectivity index (χ3v) is 9.82. The highest BCUT2D eigenvalue weighted by Crippen LogP contribution is 2.37. The highest BCUT2D eigenvalue weighted by molar-refractivity contribution is 5.99. The molecule has 0 spiro atoms. The first kappa shape index (κ1) is 30.1. The first-order valence-electron chi connectivity index (χ1n) is 17.3. The van der Waals surface area contributed by atoms with Crippen LogP contribution in [0, 0.1) is 0 Å². The van der Waals surface area contributed by atoms with Gasteiger partial charge in [-0.1, -0.05) is 158 Å². The minimum atomic E-state index is -0.229. The summed E-state index contributed by atoms with van der Waals surface area (Å²) in [6, 6.07) is 60.1. The van der Waals surface area contributed by atoms with Gasteiger partial charge in [0.25, 0.3) is 0 Å². The van der Waals surface area contributed by atoms with E-state index in [-0.39, 0.29) is 24.5 Å². The standard InChI is InChI=1S/C45H37N5/c1-4-16-31(17-5-1)40-29-41(37-26-14-24-30-15-12-13-25-36(30)37)47-44(46-40)38-27-34-22-10-11-23-35(34)28-39(38)45-49-42(32-18-6-2-7-19-32)48-43(50-45)33-20-8-3-9-21-33/h1-29,41-42,44-47,49H,(H,48,50). The summed E-state index contributed by atoms with van der Waals surface area (Å²) in [4.78, 5) is 5.19. The largest absolute Gasteiger partial charge is 0.366 e. The first-order valence-corrected chi connectivity index (χ1v) is 17.3. The van der Waals surface area contributed by atoms with Crippen LogP contribution in [0.1, 0.15) is 57.9 Å². The van der Waals surface area contributed by atoms with Crippen LogP contribution in [-0.2, 0) is 0 Å². The van der Waals surface area contributed by atoms with Crippen LogP contribution < -0.4 is 21.3 Å². The van der Waals surface area contributed by atoms with Crippen LogP contribution in [0.5, 0.6) is 0 Å². The maximum atomic E-state index is 5.19. The van der Waals surface area contributed by atoms with Gasteiger partial charge in [-0.2, -0.15) is 0 Å². The van der Waals surface area contributed by atoms with Gasteiger partial charge in [0.1, 0.15) is 24.3 Å². The Kier molecular flexibility index (Phi) is 7.90.